The lowest BCUT2D eigenvalue weighted by molar-refractivity contribution is -0.134. The number of hydrogen-bond donors (Lipinski definition) is 1. The summed E-state index contributed by atoms with van der Waals surface area (Å²) < 4.78 is 0. The van der Waals surface area contributed by atoms with Crippen molar-refractivity contribution in [1.29, 1.82) is 0 Å². The standard InChI is InChI=1S/C13H22N2O2S/c1-9(18-2)5-7-15-8-6-11(16)14-12(13(15)17)10-3-4-10/h9-10,12H,3-8H2,1-2H3,(H,14,16). The van der Waals surface area contributed by atoms with Crippen LogP contribution in [0.15, 0.2) is 0 Å². The van der Waals surface area contributed by atoms with Crippen LogP contribution in [-0.2, 0) is 9.59 Å². The fraction of sp³-hybridized carbons (Fsp3) is 0.846. The minimum absolute atomic E-state index is 0.0284. The molecule has 0 spiro atoms. The van der Waals surface area contributed by atoms with Gasteiger partial charge in [0.15, 0.2) is 0 Å². The zero-order valence-electron chi connectivity index (χ0n) is 11.1. The van der Waals surface area contributed by atoms with E-state index in [-0.39, 0.29) is 17.9 Å². The smallest absolute Gasteiger partial charge is 0.245 e. The van der Waals surface area contributed by atoms with E-state index >= 15 is 0 Å². The summed E-state index contributed by atoms with van der Waals surface area (Å²) >= 11 is 1.82. The van der Waals surface area contributed by atoms with Gasteiger partial charge in [-0.2, -0.15) is 11.8 Å². The normalized spacial score (nSPS) is 26.8. The van der Waals surface area contributed by atoms with Crippen molar-refractivity contribution >= 4 is 23.6 Å². The summed E-state index contributed by atoms with van der Waals surface area (Å²) in [6, 6.07) is -0.246. The molecule has 1 N–H and O–H groups in total. The predicted molar refractivity (Wildman–Crippen MR) is 73.4 cm³/mol. The molecule has 2 amide bonds. The lowest BCUT2D eigenvalue weighted by Gasteiger charge is -2.25. The highest BCUT2D eigenvalue weighted by atomic mass is 32.2. The van der Waals surface area contributed by atoms with Crippen LogP contribution >= 0.6 is 11.8 Å². The summed E-state index contributed by atoms with van der Waals surface area (Å²) in [5.74, 6) is 0.553. The van der Waals surface area contributed by atoms with Crippen molar-refractivity contribution in [2.24, 2.45) is 5.92 Å². The molecule has 4 nitrogen and oxygen atoms in total. The number of nitrogens with zero attached hydrogens (tertiary/aromatic N) is 1. The van der Waals surface area contributed by atoms with Gasteiger partial charge in [0, 0.05) is 24.8 Å². The van der Waals surface area contributed by atoms with E-state index in [1.54, 1.807) is 0 Å². The lowest BCUT2D eigenvalue weighted by Crippen LogP contribution is -2.46. The second kappa shape index (κ2) is 5.95. The van der Waals surface area contributed by atoms with Gasteiger partial charge in [0.1, 0.15) is 6.04 Å². The van der Waals surface area contributed by atoms with Crippen LogP contribution in [0.4, 0.5) is 0 Å². The second-order valence-electron chi connectivity index (χ2n) is 5.29. The molecule has 0 aromatic rings. The summed E-state index contributed by atoms with van der Waals surface area (Å²) in [4.78, 5) is 25.9. The molecule has 2 unspecified atom stereocenters. The number of hydrogen-bond acceptors (Lipinski definition) is 3. The molecule has 1 aliphatic heterocycles. The first-order valence-corrected chi connectivity index (χ1v) is 8.01. The molecule has 2 atom stereocenters. The number of carbonyl (C=O) groups is 2. The third-order valence-corrected chi connectivity index (χ3v) is 4.84. The van der Waals surface area contributed by atoms with Crippen molar-refractivity contribution in [2.75, 3.05) is 19.3 Å². The Morgan fingerprint density at radius 2 is 2.17 bits per heavy atom. The van der Waals surface area contributed by atoms with Gasteiger partial charge in [0.2, 0.25) is 11.8 Å². The quantitative estimate of drug-likeness (QED) is 0.818. The van der Waals surface area contributed by atoms with Gasteiger partial charge in [0.25, 0.3) is 0 Å². The van der Waals surface area contributed by atoms with E-state index < -0.39 is 0 Å². The van der Waals surface area contributed by atoms with E-state index in [1.807, 2.05) is 16.7 Å². The van der Waals surface area contributed by atoms with Gasteiger partial charge in [0.05, 0.1) is 0 Å². The predicted octanol–water partition coefficient (Wildman–Crippen LogP) is 1.26. The molecule has 2 aliphatic rings. The van der Waals surface area contributed by atoms with Crippen molar-refractivity contribution in [3.63, 3.8) is 0 Å². The van der Waals surface area contributed by atoms with Crippen LogP contribution in [0.1, 0.15) is 32.6 Å². The maximum atomic E-state index is 12.4. The molecular formula is C13H22N2O2S. The molecule has 2 fully saturated rings. The minimum atomic E-state index is -0.246. The largest absolute Gasteiger partial charge is 0.344 e. The number of thioether (sulfide) groups is 1. The summed E-state index contributed by atoms with van der Waals surface area (Å²) in [5.41, 5.74) is 0. The third-order valence-electron chi connectivity index (χ3n) is 3.80. The van der Waals surface area contributed by atoms with Crippen LogP contribution in [0.3, 0.4) is 0 Å². The van der Waals surface area contributed by atoms with E-state index in [0.717, 1.165) is 25.8 Å². The molecule has 0 bridgehead atoms. The Morgan fingerprint density at radius 3 is 2.78 bits per heavy atom. The van der Waals surface area contributed by atoms with Crippen molar-refractivity contribution in [1.82, 2.24) is 10.2 Å². The molecule has 1 saturated heterocycles. The van der Waals surface area contributed by atoms with Crippen molar-refractivity contribution < 1.29 is 9.59 Å². The van der Waals surface area contributed by atoms with E-state index in [4.69, 9.17) is 0 Å². The van der Waals surface area contributed by atoms with Gasteiger partial charge in [-0.25, -0.2) is 0 Å². The molecule has 1 aliphatic carbocycles. The second-order valence-corrected chi connectivity index (χ2v) is 6.57. The Morgan fingerprint density at radius 1 is 1.44 bits per heavy atom. The van der Waals surface area contributed by atoms with E-state index in [1.165, 1.54) is 0 Å². The Bertz CT molecular complexity index is 331. The summed E-state index contributed by atoms with van der Waals surface area (Å²) in [7, 11) is 0. The van der Waals surface area contributed by atoms with Crippen molar-refractivity contribution in [2.45, 2.75) is 43.9 Å². The molecule has 1 heterocycles. The monoisotopic (exact) mass is 270 g/mol. The maximum Gasteiger partial charge on any atom is 0.245 e. The SMILES string of the molecule is CSC(C)CCN1CCC(=O)NC(C2CC2)C1=O. The fourth-order valence-electron chi connectivity index (χ4n) is 2.28. The van der Waals surface area contributed by atoms with Crippen LogP contribution in [0, 0.1) is 5.92 Å². The van der Waals surface area contributed by atoms with Gasteiger partial charge < -0.3 is 10.2 Å². The zero-order chi connectivity index (χ0) is 13.1. The number of carbonyl (C=O) groups excluding carboxylic acids is 2. The highest BCUT2D eigenvalue weighted by molar-refractivity contribution is 7.99. The van der Waals surface area contributed by atoms with E-state index in [0.29, 0.717) is 24.1 Å². The average molecular weight is 270 g/mol. The van der Waals surface area contributed by atoms with Crippen LogP contribution in [-0.4, -0.2) is 47.4 Å². The molecule has 18 heavy (non-hydrogen) atoms. The highest BCUT2D eigenvalue weighted by Gasteiger charge is 2.40. The Kier molecular flexibility index (Phi) is 4.54. The molecule has 1 saturated carbocycles. The molecule has 0 aromatic carbocycles. The van der Waals surface area contributed by atoms with Crippen molar-refractivity contribution in [3.8, 4) is 0 Å². The number of amides is 2. The third kappa shape index (κ3) is 3.40. The van der Waals surface area contributed by atoms with Gasteiger partial charge >= 0.3 is 0 Å². The minimum Gasteiger partial charge on any atom is -0.344 e. The Labute approximate surface area is 113 Å². The van der Waals surface area contributed by atoms with Crippen LogP contribution in [0.5, 0.6) is 0 Å². The number of rotatable bonds is 5. The molecule has 5 heteroatoms. The first kappa shape index (κ1) is 13.7. The zero-order valence-corrected chi connectivity index (χ0v) is 12.0. The molecule has 0 radical (unpaired) electrons. The van der Waals surface area contributed by atoms with E-state index in [9.17, 15) is 9.59 Å². The summed E-state index contributed by atoms with van der Waals surface area (Å²) in [5, 5.41) is 3.45. The van der Waals surface area contributed by atoms with Crippen LogP contribution in [0.25, 0.3) is 0 Å². The van der Waals surface area contributed by atoms with Gasteiger partial charge in [-0.05, 0) is 31.4 Å². The number of nitrogens with one attached hydrogen (secondary N) is 1. The summed E-state index contributed by atoms with van der Waals surface area (Å²) in [6.45, 7) is 3.53. The highest BCUT2D eigenvalue weighted by Crippen LogP contribution is 2.34. The van der Waals surface area contributed by atoms with Crippen LogP contribution in [0.2, 0.25) is 0 Å². The van der Waals surface area contributed by atoms with Crippen molar-refractivity contribution in [3.05, 3.63) is 0 Å². The first-order valence-electron chi connectivity index (χ1n) is 6.72. The van der Waals surface area contributed by atoms with E-state index in [2.05, 4.69) is 18.5 Å². The van der Waals surface area contributed by atoms with Gasteiger partial charge in [-0.15, -0.1) is 0 Å². The average Bonchev–Trinajstić information content (AvgIpc) is 3.18. The van der Waals surface area contributed by atoms with Gasteiger partial charge in [-0.3, -0.25) is 9.59 Å². The first-order chi connectivity index (χ1) is 8.61. The lowest BCUT2D eigenvalue weighted by atomic mass is 10.1. The molecular weight excluding hydrogens is 248 g/mol. The maximum absolute atomic E-state index is 12.4. The molecule has 2 rings (SSSR count). The molecule has 102 valence electrons. The Balaban J connectivity index is 1.95. The van der Waals surface area contributed by atoms with Gasteiger partial charge in [-0.1, -0.05) is 6.92 Å². The topological polar surface area (TPSA) is 49.4 Å². The fourth-order valence-corrected chi connectivity index (χ4v) is 2.62. The summed E-state index contributed by atoms with van der Waals surface area (Å²) in [6.07, 6.45) is 5.69. The molecule has 0 aromatic heterocycles. The van der Waals surface area contributed by atoms with Crippen LogP contribution < -0.4 is 5.32 Å². The Hall–Kier alpha value is -0.710.